The van der Waals surface area contributed by atoms with Crippen LogP contribution in [0.1, 0.15) is 23.6 Å². The Morgan fingerprint density at radius 3 is 2.72 bits per heavy atom. The molecule has 0 aliphatic carbocycles. The van der Waals surface area contributed by atoms with E-state index in [-0.39, 0.29) is 0 Å². The highest BCUT2D eigenvalue weighted by molar-refractivity contribution is 6.29. The number of benzene rings is 1. The van der Waals surface area contributed by atoms with Crippen molar-refractivity contribution in [2.24, 2.45) is 4.99 Å². The van der Waals surface area contributed by atoms with Crippen LogP contribution in [0.2, 0.25) is 5.15 Å². The summed E-state index contributed by atoms with van der Waals surface area (Å²) in [5.41, 5.74) is 3.46. The number of ether oxygens (including phenoxy) is 1. The molecule has 0 aliphatic rings. The minimum atomic E-state index is 0.516. The topological polar surface area (TPSA) is 58.5 Å². The van der Waals surface area contributed by atoms with Crippen molar-refractivity contribution in [1.82, 2.24) is 15.6 Å². The van der Waals surface area contributed by atoms with Crippen LogP contribution >= 0.6 is 11.6 Å². The lowest BCUT2D eigenvalue weighted by Gasteiger charge is -2.11. The Morgan fingerprint density at radius 1 is 1.16 bits per heavy atom. The van der Waals surface area contributed by atoms with Gasteiger partial charge in [0.25, 0.3) is 0 Å². The third kappa shape index (κ3) is 7.11. The van der Waals surface area contributed by atoms with Gasteiger partial charge in [-0.15, -0.1) is 0 Å². The largest absolute Gasteiger partial charge is 0.380 e. The summed E-state index contributed by atoms with van der Waals surface area (Å²) in [4.78, 5) is 8.74. The third-order valence-electron chi connectivity index (χ3n) is 3.56. The number of methoxy groups -OCH3 is 1. The lowest BCUT2D eigenvalue weighted by Crippen LogP contribution is -2.38. The molecule has 1 heterocycles. The molecule has 5 nitrogen and oxygen atoms in total. The Hall–Kier alpha value is -2.11. The van der Waals surface area contributed by atoms with Crippen LogP contribution in [-0.2, 0) is 24.3 Å². The van der Waals surface area contributed by atoms with Gasteiger partial charge in [-0.3, -0.25) is 0 Å². The van der Waals surface area contributed by atoms with E-state index in [1.807, 2.05) is 18.2 Å². The Labute approximate surface area is 154 Å². The number of guanidine groups is 1. The van der Waals surface area contributed by atoms with E-state index in [1.54, 1.807) is 13.3 Å². The second-order valence-corrected chi connectivity index (χ2v) is 6.00. The van der Waals surface area contributed by atoms with E-state index >= 15 is 0 Å². The molecule has 0 saturated heterocycles. The average molecular weight is 361 g/mol. The molecule has 0 saturated carbocycles. The first-order valence-corrected chi connectivity index (χ1v) is 8.78. The first kappa shape index (κ1) is 19.2. The molecule has 2 aromatic rings. The lowest BCUT2D eigenvalue weighted by atomic mass is 10.1. The van der Waals surface area contributed by atoms with Crippen molar-refractivity contribution >= 4 is 17.6 Å². The molecule has 0 bridgehead atoms. The number of hydrogen-bond acceptors (Lipinski definition) is 3. The molecule has 6 heteroatoms. The fraction of sp³-hybridized carbons (Fsp3) is 0.368. The number of aromatic nitrogens is 1. The maximum Gasteiger partial charge on any atom is 0.191 e. The molecule has 0 spiro atoms. The summed E-state index contributed by atoms with van der Waals surface area (Å²) in [6, 6.07) is 12.1. The first-order valence-electron chi connectivity index (χ1n) is 8.40. The second kappa shape index (κ2) is 10.7. The van der Waals surface area contributed by atoms with E-state index in [9.17, 15) is 0 Å². The van der Waals surface area contributed by atoms with Crippen molar-refractivity contribution in [2.45, 2.75) is 26.5 Å². The molecule has 1 aromatic carbocycles. The fourth-order valence-corrected chi connectivity index (χ4v) is 2.49. The van der Waals surface area contributed by atoms with Crippen molar-refractivity contribution in [3.05, 3.63) is 64.4 Å². The predicted molar refractivity (Wildman–Crippen MR) is 103 cm³/mol. The van der Waals surface area contributed by atoms with Gasteiger partial charge in [0.2, 0.25) is 0 Å². The van der Waals surface area contributed by atoms with Gasteiger partial charge in [-0.1, -0.05) is 41.9 Å². The van der Waals surface area contributed by atoms with E-state index in [0.717, 1.165) is 42.2 Å². The van der Waals surface area contributed by atoms with Gasteiger partial charge < -0.3 is 15.4 Å². The zero-order valence-electron chi connectivity index (χ0n) is 14.8. The number of pyridine rings is 1. The Kier molecular flexibility index (Phi) is 8.22. The van der Waals surface area contributed by atoms with Gasteiger partial charge in [-0.05, 0) is 36.1 Å². The van der Waals surface area contributed by atoms with Crippen LogP contribution in [0, 0.1) is 0 Å². The smallest absolute Gasteiger partial charge is 0.191 e. The monoisotopic (exact) mass is 360 g/mol. The number of nitrogens with zero attached hydrogens (tertiary/aromatic N) is 2. The maximum absolute atomic E-state index is 5.80. The third-order valence-corrected chi connectivity index (χ3v) is 3.78. The van der Waals surface area contributed by atoms with E-state index in [2.05, 4.69) is 45.7 Å². The summed E-state index contributed by atoms with van der Waals surface area (Å²) in [7, 11) is 1.70. The normalized spacial score (nSPS) is 11.4. The summed E-state index contributed by atoms with van der Waals surface area (Å²) >= 11 is 5.80. The molecule has 134 valence electrons. The molecule has 1 aromatic heterocycles. The Morgan fingerprint density at radius 2 is 2.00 bits per heavy atom. The maximum atomic E-state index is 5.80. The van der Waals surface area contributed by atoms with Crippen LogP contribution in [0.3, 0.4) is 0 Å². The number of rotatable bonds is 8. The number of aliphatic imine (C=N–C) groups is 1. The highest BCUT2D eigenvalue weighted by Crippen LogP contribution is 2.08. The quantitative estimate of drug-likeness (QED) is 0.431. The van der Waals surface area contributed by atoms with Crippen molar-refractivity contribution in [3.63, 3.8) is 0 Å². The highest BCUT2D eigenvalue weighted by Gasteiger charge is 2.00. The number of halogens is 1. The van der Waals surface area contributed by atoms with Crippen LogP contribution in [0.15, 0.2) is 47.6 Å². The van der Waals surface area contributed by atoms with Gasteiger partial charge >= 0.3 is 0 Å². The zero-order valence-corrected chi connectivity index (χ0v) is 15.5. The molecular formula is C19H25ClN4O. The standard InChI is InChI=1S/C19H25ClN4O/c1-3-21-19(22-10-9-15-7-8-18(20)23-12-15)24-13-16-5-4-6-17(11-16)14-25-2/h4-8,11-12H,3,9-10,13-14H2,1-2H3,(H2,21,22,24). The van der Waals surface area contributed by atoms with Gasteiger partial charge in [-0.25, -0.2) is 9.98 Å². The number of hydrogen-bond donors (Lipinski definition) is 2. The van der Waals surface area contributed by atoms with Gasteiger partial charge in [-0.2, -0.15) is 0 Å². The molecule has 0 radical (unpaired) electrons. The zero-order chi connectivity index (χ0) is 17.9. The summed E-state index contributed by atoms with van der Waals surface area (Å²) in [6.45, 7) is 4.89. The van der Waals surface area contributed by atoms with Crippen molar-refractivity contribution in [1.29, 1.82) is 0 Å². The molecule has 25 heavy (non-hydrogen) atoms. The molecule has 2 rings (SSSR count). The predicted octanol–water partition coefficient (Wildman–Crippen LogP) is 3.18. The summed E-state index contributed by atoms with van der Waals surface area (Å²) in [6.07, 6.45) is 2.66. The van der Waals surface area contributed by atoms with Gasteiger partial charge in [0.1, 0.15) is 5.15 Å². The SMILES string of the molecule is CCNC(=NCc1cccc(COC)c1)NCCc1ccc(Cl)nc1. The lowest BCUT2D eigenvalue weighted by molar-refractivity contribution is 0.185. The fourth-order valence-electron chi connectivity index (χ4n) is 2.38. The van der Waals surface area contributed by atoms with E-state index < -0.39 is 0 Å². The molecule has 0 unspecified atom stereocenters. The molecule has 0 fully saturated rings. The van der Waals surface area contributed by atoms with Gasteiger partial charge in [0.05, 0.1) is 13.2 Å². The Balaban J connectivity index is 1.89. The molecular weight excluding hydrogens is 336 g/mol. The molecule has 0 amide bonds. The van der Waals surface area contributed by atoms with Crippen LogP contribution in [0.5, 0.6) is 0 Å². The summed E-state index contributed by atoms with van der Waals surface area (Å²) in [5.74, 6) is 0.807. The number of nitrogens with one attached hydrogen (secondary N) is 2. The van der Waals surface area contributed by atoms with Crippen LogP contribution in [0.25, 0.3) is 0 Å². The minimum absolute atomic E-state index is 0.516. The van der Waals surface area contributed by atoms with Gasteiger partial charge in [0, 0.05) is 26.4 Å². The molecule has 0 aliphatic heterocycles. The first-order chi connectivity index (χ1) is 12.2. The van der Waals surface area contributed by atoms with Crippen LogP contribution in [-0.4, -0.2) is 31.1 Å². The van der Waals surface area contributed by atoms with Gasteiger partial charge in [0.15, 0.2) is 5.96 Å². The van der Waals surface area contributed by atoms with Crippen LogP contribution < -0.4 is 10.6 Å². The van der Waals surface area contributed by atoms with E-state index in [1.165, 1.54) is 0 Å². The van der Waals surface area contributed by atoms with Crippen molar-refractivity contribution in [3.8, 4) is 0 Å². The van der Waals surface area contributed by atoms with E-state index in [4.69, 9.17) is 16.3 Å². The van der Waals surface area contributed by atoms with E-state index in [0.29, 0.717) is 18.3 Å². The summed E-state index contributed by atoms with van der Waals surface area (Å²) in [5, 5.41) is 7.13. The highest BCUT2D eigenvalue weighted by atomic mass is 35.5. The summed E-state index contributed by atoms with van der Waals surface area (Å²) < 4.78 is 5.18. The van der Waals surface area contributed by atoms with Crippen LogP contribution in [0.4, 0.5) is 0 Å². The average Bonchev–Trinajstić information content (AvgIpc) is 2.62. The van der Waals surface area contributed by atoms with Crippen molar-refractivity contribution in [2.75, 3.05) is 20.2 Å². The Bertz CT molecular complexity index is 673. The second-order valence-electron chi connectivity index (χ2n) is 5.61. The minimum Gasteiger partial charge on any atom is -0.380 e. The molecule has 0 atom stereocenters. The van der Waals surface area contributed by atoms with Crippen molar-refractivity contribution < 1.29 is 4.74 Å². The molecule has 2 N–H and O–H groups in total.